The molecule has 0 bridgehead atoms. The van der Waals surface area contributed by atoms with Gasteiger partial charge in [0.25, 0.3) is 33.4 Å². The number of nitrogens with zero attached hydrogens (tertiary/aromatic N) is 13. The Hall–Kier alpha value is -13.8. The molecule has 0 aliphatic carbocycles. The number of carbonyl (C=O) groups excluding carboxylic acids is 1. The van der Waals surface area contributed by atoms with Gasteiger partial charge in [-0.3, -0.25) is 67.9 Å². The zero-order valence-electron chi connectivity index (χ0n) is 80.3. The maximum absolute atomic E-state index is 12.6. The Kier molecular flexibility index (Phi) is 48.3. The summed E-state index contributed by atoms with van der Waals surface area (Å²) >= 11 is 0. The van der Waals surface area contributed by atoms with Crippen LogP contribution in [0.1, 0.15) is 200 Å². The van der Waals surface area contributed by atoms with E-state index in [9.17, 15) is 74.4 Å². The Morgan fingerprint density at radius 2 is 0.581 bits per heavy atom. The molecule has 0 radical (unpaired) electrons. The van der Waals surface area contributed by atoms with Gasteiger partial charge in [-0.2, -0.15) is 0 Å². The fourth-order valence-corrected chi connectivity index (χ4v) is 19.3. The number of aliphatic hydroxyl groups excluding tert-OH is 4. The molecular formula is C118H155N13O17. The molecule has 19 rings (SSSR count). The summed E-state index contributed by atoms with van der Waals surface area (Å²) in [6.45, 7) is 12.5. The minimum Gasteiger partial charge on any atom is -0.503 e. The number of pyridine rings is 7. The van der Waals surface area contributed by atoms with Crippen LogP contribution in [0.25, 0.3) is 0 Å². The standard InChI is InChI=1S/C22H23N3O2.C19H22N2O4.C19H24N2O3.C18H22N2O3.C17H20N2O3.C17H20N2O2.6CH4/c26-21-18(11-14-25(22(21)27)15-17-7-2-1-3-8-17)16-24-13-6-10-20(24)19-9-4-5-12-23-19;22-13-17(23)16-7-4-9-20(16)12-15-8-10-21(19(25)18(15)24)11-14-5-2-1-3-6-14;22-12-9-17-7-4-10-20(17)14-16-8-11-21(19(24)18(16)23)13-15-5-2-1-3-6-15;21-13-16-7-4-9-19(16)12-15-8-10-20(18(23)17(15)22)11-14-5-2-1-3-6-14;20-15-7-8-18(12-15)11-14-6-9-19(17(22)16(14)21)10-13-4-2-1-3-5-13;20-16-15(13-18-9-4-5-10-18)8-11-19(17(16)21)12-14-6-2-1-3-7-14;;;;;;/h1-5,7-9,11-12,14,20,26H,6,10,13,15-16H2;1-3,5-6,8,10,16,22,24H,4,7,9,11-13H2;1-3,5-6,8,11,17,22-23H,4,7,9-10,12-14H2;1-3,5-6,8,10,16,21-22H,4,7,9,11-13H2;1-6,9,15,20-21H,7-8,10-12H2;1-3,6-8,11,20H,4-5,9-10,12-13H2;6*1H4/t;;17-;16-;;;;;;;;/m..11......../s1. The van der Waals surface area contributed by atoms with Crippen LogP contribution in [0.2, 0.25) is 0 Å². The smallest absolute Gasteiger partial charge is 0.293 e. The highest BCUT2D eigenvalue weighted by Gasteiger charge is 2.33. The van der Waals surface area contributed by atoms with E-state index in [-0.39, 0.29) is 150 Å². The van der Waals surface area contributed by atoms with Gasteiger partial charge < -0.3 is 78.5 Å². The number of hydrogen-bond acceptors (Lipinski definition) is 24. The predicted octanol–water partition coefficient (Wildman–Crippen LogP) is 15.2. The van der Waals surface area contributed by atoms with Crippen molar-refractivity contribution in [1.29, 1.82) is 0 Å². The Bertz CT molecular complexity index is 6590. The van der Waals surface area contributed by atoms with E-state index in [4.69, 9.17) is 10.2 Å². The minimum absolute atomic E-state index is 0. The predicted molar refractivity (Wildman–Crippen MR) is 586 cm³/mol. The number of rotatable bonds is 30. The average molecular weight is 2030 g/mol. The number of aliphatic hydroxyl groups is 4. The fraction of sp³-hybridized carbons (Fsp3) is 0.390. The lowest BCUT2D eigenvalue weighted by Gasteiger charge is -2.24. The quantitative estimate of drug-likeness (QED) is 0.0200. The van der Waals surface area contributed by atoms with E-state index in [0.29, 0.717) is 132 Å². The number of aromatic hydroxyl groups is 6. The Balaban J connectivity index is 0.000000215. The Labute approximate surface area is 870 Å². The van der Waals surface area contributed by atoms with E-state index in [1.165, 1.54) is 31.1 Å². The maximum Gasteiger partial charge on any atom is 0.293 e. The van der Waals surface area contributed by atoms with E-state index in [1.54, 1.807) is 64.5 Å². The van der Waals surface area contributed by atoms with Gasteiger partial charge in [-0.1, -0.05) is 233 Å². The van der Waals surface area contributed by atoms with Crippen molar-refractivity contribution in [3.8, 4) is 34.5 Å². The second kappa shape index (κ2) is 59.9. The van der Waals surface area contributed by atoms with Crippen molar-refractivity contribution >= 4 is 5.78 Å². The molecule has 6 aliphatic rings. The summed E-state index contributed by atoms with van der Waals surface area (Å²) in [7, 11) is 0. The first kappa shape index (κ1) is 119. The van der Waals surface area contributed by atoms with Gasteiger partial charge in [0.05, 0.1) is 69.8 Å². The molecule has 6 saturated heterocycles. The molecule has 30 heteroatoms. The number of benzene rings is 6. The molecule has 0 spiro atoms. The summed E-state index contributed by atoms with van der Waals surface area (Å²) < 4.78 is 9.12. The van der Waals surface area contributed by atoms with Gasteiger partial charge in [0.15, 0.2) is 40.3 Å². The van der Waals surface area contributed by atoms with Gasteiger partial charge >= 0.3 is 0 Å². The van der Waals surface area contributed by atoms with Gasteiger partial charge in [0, 0.05) is 148 Å². The number of carbonyl (C=O) groups is 1. The third-order valence-electron chi connectivity index (χ3n) is 27.2. The lowest BCUT2D eigenvalue weighted by atomic mass is 10.1. The Morgan fingerprint density at radius 1 is 0.291 bits per heavy atom. The zero-order valence-corrected chi connectivity index (χ0v) is 80.3. The van der Waals surface area contributed by atoms with Crippen LogP contribution in [0.5, 0.6) is 34.5 Å². The van der Waals surface area contributed by atoms with Crippen LogP contribution < -0.4 is 33.4 Å². The monoisotopic (exact) mass is 2030 g/mol. The van der Waals surface area contributed by atoms with Crippen LogP contribution in [0.4, 0.5) is 0 Å². The molecule has 0 saturated carbocycles. The minimum atomic E-state index is -0.480. The molecule has 5 atom stereocenters. The van der Waals surface area contributed by atoms with Crippen molar-refractivity contribution < 1.29 is 55.9 Å². The number of ketones is 1. The van der Waals surface area contributed by atoms with E-state index >= 15 is 0 Å². The highest BCUT2D eigenvalue weighted by atomic mass is 16.3. The summed E-state index contributed by atoms with van der Waals surface area (Å²) in [5.41, 5.74) is 8.77. The van der Waals surface area contributed by atoms with Gasteiger partial charge in [-0.05, 0) is 198 Å². The summed E-state index contributed by atoms with van der Waals surface area (Å²) in [6.07, 6.45) is 23.7. The lowest BCUT2D eigenvalue weighted by molar-refractivity contribution is -0.126. The van der Waals surface area contributed by atoms with Crippen LogP contribution >= 0.6 is 0 Å². The largest absolute Gasteiger partial charge is 0.503 e. The first-order valence-corrected chi connectivity index (χ1v) is 49.1. The SMILES string of the molecule is C.C.C.C.C.C.O=C(CO)C1CCCN1Cc1ccn(Cc2ccccc2)c(=O)c1O.O=c1c(O)c(CN2CCC(O)C2)ccn1Cc1ccccc1.O=c1c(O)c(CN2CCCC2)ccn1Cc1ccccc1.O=c1c(O)c(CN2CCCC2c2ccccn2)ccn1Cc1ccccc1.O=c1c(O)c(CN2CCC[C@@H]2CCO)ccn1Cc1ccccc1.O=c1c(O)c(CN2CCC[C@@H]2CO)ccn1Cc1ccccc1. The molecule has 3 unspecified atom stereocenters. The topological polar surface area (TPSA) is 384 Å². The van der Waals surface area contributed by atoms with Crippen molar-refractivity contribution in [2.75, 3.05) is 72.2 Å². The first-order valence-electron chi connectivity index (χ1n) is 49.1. The number of likely N-dealkylation sites (tertiary alicyclic amines) is 6. The molecule has 148 heavy (non-hydrogen) atoms. The summed E-state index contributed by atoms with van der Waals surface area (Å²) in [5, 5.41) is 98.8. The van der Waals surface area contributed by atoms with Crippen LogP contribution in [-0.2, 0) is 83.3 Å². The van der Waals surface area contributed by atoms with Gasteiger partial charge in [0.1, 0.15) is 6.61 Å². The molecule has 0 amide bonds. The molecule has 10 N–H and O–H groups in total. The molecule has 7 aromatic heterocycles. The highest BCUT2D eigenvalue weighted by Crippen LogP contribution is 2.34. The zero-order chi connectivity index (χ0) is 99.8. The number of Topliss-reactive ketones (excluding diaryl/α,β-unsaturated/α-hetero) is 1. The van der Waals surface area contributed by atoms with Crippen LogP contribution in [0, 0.1) is 0 Å². The molecule has 6 aromatic carbocycles. The fourth-order valence-electron chi connectivity index (χ4n) is 19.3. The van der Waals surface area contributed by atoms with Crippen molar-refractivity contribution in [3.63, 3.8) is 0 Å². The number of aromatic nitrogens is 7. The summed E-state index contributed by atoms with van der Waals surface area (Å²) in [6, 6.07) is 75.4. The number of β-amino-alcohol motifs (C(OH)–C–C–N with tert-alkyl or cyclic N) is 1. The second-order valence-corrected chi connectivity index (χ2v) is 37.2. The van der Waals surface area contributed by atoms with Crippen molar-refractivity contribution in [2.45, 2.75) is 230 Å². The molecule has 6 aliphatic heterocycles. The number of hydrogen-bond donors (Lipinski definition) is 10. The summed E-state index contributed by atoms with van der Waals surface area (Å²) in [4.78, 5) is 104. The van der Waals surface area contributed by atoms with Crippen LogP contribution in [-0.4, -0.2) is 215 Å². The normalized spacial score (nSPS) is 16.9. The van der Waals surface area contributed by atoms with E-state index in [1.807, 2.05) is 234 Å². The van der Waals surface area contributed by atoms with E-state index in [0.717, 1.165) is 142 Å². The van der Waals surface area contributed by atoms with Crippen LogP contribution in [0.3, 0.4) is 0 Å². The molecule has 13 aromatic rings. The van der Waals surface area contributed by atoms with Crippen molar-refractivity contribution in [3.05, 3.63) is 415 Å². The molecule has 6 fully saturated rings. The molecule has 13 heterocycles. The van der Waals surface area contributed by atoms with E-state index < -0.39 is 12.2 Å². The molecular weight excluding hydrogens is 1870 g/mol. The van der Waals surface area contributed by atoms with Gasteiger partial charge in [-0.15, -0.1) is 0 Å². The summed E-state index contributed by atoms with van der Waals surface area (Å²) in [5.74, 6) is -1.30. The van der Waals surface area contributed by atoms with Gasteiger partial charge in [0.2, 0.25) is 0 Å². The third-order valence-corrected chi connectivity index (χ3v) is 27.2. The Morgan fingerprint density at radius 3 is 0.899 bits per heavy atom. The molecule has 30 nitrogen and oxygen atoms in total. The third kappa shape index (κ3) is 32.9. The van der Waals surface area contributed by atoms with Crippen molar-refractivity contribution in [2.24, 2.45) is 0 Å². The highest BCUT2D eigenvalue weighted by molar-refractivity contribution is 5.85. The van der Waals surface area contributed by atoms with Crippen molar-refractivity contribution in [1.82, 2.24) is 61.8 Å². The first-order chi connectivity index (χ1) is 69.1. The van der Waals surface area contributed by atoms with E-state index in [2.05, 4.69) is 24.6 Å². The van der Waals surface area contributed by atoms with Gasteiger partial charge in [-0.25, -0.2) is 0 Å². The van der Waals surface area contributed by atoms with Crippen LogP contribution in [0.15, 0.2) is 309 Å². The molecule has 794 valence electrons. The second-order valence-electron chi connectivity index (χ2n) is 37.2. The average Bonchev–Trinajstić information content (AvgIpc) is 1.20. The maximum atomic E-state index is 12.6. The lowest BCUT2D eigenvalue weighted by Crippen LogP contribution is -2.37.